The van der Waals surface area contributed by atoms with Crippen LogP contribution in [-0.2, 0) is 10.0 Å². The number of fused-ring (bicyclic) bond motifs is 1. The van der Waals surface area contributed by atoms with Crippen molar-refractivity contribution in [3.63, 3.8) is 0 Å². The summed E-state index contributed by atoms with van der Waals surface area (Å²) in [7, 11) is -3.53. The summed E-state index contributed by atoms with van der Waals surface area (Å²) >= 11 is 0. The number of hydrogen-bond donors (Lipinski definition) is 1. The van der Waals surface area contributed by atoms with Gasteiger partial charge >= 0.3 is 0 Å². The molecule has 0 aliphatic carbocycles. The molecule has 0 bridgehead atoms. The molecule has 7 nitrogen and oxygen atoms in total. The van der Waals surface area contributed by atoms with E-state index in [4.69, 9.17) is 9.97 Å². The summed E-state index contributed by atoms with van der Waals surface area (Å²) in [5.41, 5.74) is 5.38. The summed E-state index contributed by atoms with van der Waals surface area (Å²) in [6, 6.07) is 21.5. The second kappa shape index (κ2) is 11.0. The zero-order valence-corrected chi connectivity index (χ0v) is 24.2. The first-order valence-corrected chi connectivity index (χ1v) is 15.0. The van der Waals surface area contributed by atoms with Gasteiger partial charge in [0.1, 0.15) is 11.6 Å². The van der Waals surface area contributed by atoms with Crippen LogP contribution in [0.2, 0.25) is 0 Å². The highest BCUT2D eigenvalue weighted by Crippen LogP contribution is 2.31. The van der Waals surface area contributed by atoms with Gasteiger partial charge in [0.25, 0.3) is 0 Å². The summed E-state index contributed by atoms with van der Waals surface area (Å²) in [6.07, 6.45) is 0. The van der Waals surface area contributed by atoms with Gasteiger partial charge in [0.15, 0.2) is 0 Å². The minimum atomic E-state index is -3.53. The second-order valence-corrected chi connectivity index (χ2v) is 12.6. The van der Waals surface area contributed by atoms with Crippen molar-refractivity contribution in [3.05, 3.63) is 89.2 Å². The molecule has 204 valence electrons. The van der Waals surface area contributed by atoms with Crippen LogP contribution >= 0.6 is 0 Å². The maximum Gasteiger partial charge on any atom is 0.243 e. The number of nitrogens with one attached hydrogen (secondary N) is 1. The Kier molecular flexibility index (Phi) is 7.71. The highest BCUT2D eigenvalue weighted by molar-refractivity contribution is 7.89. The molecule has 2 heterocycles. The fourth-order valence-electron chi connectivity index (χ4n) is 5.18. The van der Waals surface area contributed by atoms with E-state index < -0.39 is 10.0 Å². The fraction of sp³-hybridized carbons (Fsp3) is 0.355. The molecule has 39 heavy (non-hydrogen) atoms. The van der Waals surface area contributed by atoms with E-state index in [1.54, 1.807) is 16.4 Å². The molecule has 1 fully saturated rings. The first-order valence-electron chi connectivity index (χ1n) is 13.6. The number of aromatic nitrogens is 2. The number of rotatable bonds is 7. The van der Waals surface area contributed by atoms with Crippen molar-refractivity contribution in [2.75, 3.05) is 31.5 Å². The van der Waals surface area contributed by atoms with Gasteiger partial charge in [-0.3, -0.25) is 4.90 Å². The Morgan fingerprint density at radius 3 is 2.08 bits per heavy atom. The van der Waals surface area contributed by atoms with E-state index in [1.165, 1.54) is 0 Å². The molecule has 0 radical (unpaired) electrons. The van der Waals surface area contributed by atoms with Gasteiger partial charge < -0.3 is 5.32 Å². The summed E-state index contributed by atoms with van der Waals surface area (Å²) in [5.74, 6) is 1.87. The third-order valence-corrected chi connectivity index (χ3v) is 9.64. The van der Waals surface area contributed by atoms with Crippen LogP contribution in [0.4, 0.5) is 11.5 Å². The minimum Gasteiger partial charge on any atom is -0.339 e. The number of benzene rings is 3. The fourth-order valence-corrected chi connectivity index (χ4v) is 6.60. The van der Waals surface area contributed by atoms with Crippen LogP contribution in [0.5, 0.6) is 0 Å². The largest absolute Gasteiger partial charge is 0.339 e. The van der Waals surface area contributed by atoms with Crippen molar-refractivity contribution < 1.29 is 8.42 Å². The second-order valence-electron chi connectivity index (χ2n) is 10.7. The molecule has 0 amide bonds. The van der Waals surface area contributed by atoms with Gasteiger partial charge in [-0.25, -0.2) is 18.4 Å². The SMILES string of the molecule is Cc1cccc(C)c1Nc1nc(C(C)N2CCN(S(=O)(=O)c3ccc(C(C)C)cc3)CC2)nc2ccccc12. The first-order chi connectivity index (χ1) is 18.6. The quantitative estimate of drug-likeness (QED) is 0.300. The first kappa shape index (κ1) is 27.2. The molecule has 1 atom stereocenters. The molecule has 1 aliphatic heterocycles. The predicted octanol–water partition coefficient (Wildman–Crippen LogP) is 6.18. The van der Waals surface area contributed by atoms with Crippen LogP contribution in [0.1, 0.15) is 55.2 Å². The molecule has 5 rings (SSSR count). The van der Waals surface area contributed by atoms with E-state index >= 15 is 0 Å². The third-order valence-electron chi connectivity index (χ3n) is 7.72. The Hall–Kier alpha value is -3.33. The van der Waals surface area contributed by atoms with Gasteiger partial charge in [-0.05, 0) is 67.6 Å². The maximum absolute atomic E-state index is 13.3. The highest BCUT2D eigenvalue weighted by atomic mass is 32.2. The number of anilines is 2. The van der Waals surface area contributed by atoms with Crippen molar-refractivity contribution in [1.82, 2.24) is 19.2 Å². The van der Waals surface area contributed by atoms with Crippen LogP contribution in [0, 0.1) is 13.8 Å². The summed E-state index contributed by atoms with van der Waals surface area (Å²) in [5, 5.41) is 4.55. The normalized spacial score (nSPS) is 16.1. The molecule has 3 aromatic carbocycles. The highest BCUT2D eigenvalue weighted by Gasteiger charge is 2.31. The van der Waals surface area contributed by atoms with E-state index in [2.05, 4.69) is 63.0 Å². The lowest BCUT2D eigenvalue weighted by molar-refractivity contribution is 0.141. The van der Waals surface area contributed by atoms with Crippen molar-refractivity contribution >= 4 is 32.4 Å². The van der Waals surface area contributed by atoms with E-state index in [9.17, 15) is 8.42 Å². The van der Waals surface area contributed by atoms with E-state index in [0.717, 1.165) is 44.9 Å². The van der Waals surface area contributed by atoms with Gasteiger partial charge in [-0.2, -0.15) is 4.31 Å². The molecular formula is C31H37N5O2S. The Bertz CT molecular complexity index is 1560. The van der Waals surface area contributed by atoms with E-state index in [0.29, 0.717) is 37.0 Å². The molecule has 1 saturated heterocycles. The Balaban J connectivity index is 1.35. The molecule has 1 aromatic heterocycles. The van der Waals surface area contributed by atoms with Crippen molar-refractivity contribution in [2.45, 2.75) is 51.5 Å². The number of para-hydroxylation sites is 2. The van der Waals surface area contributed by atoms with Crippen LogP contribution in [-0.4, -0.2) is 53.8 Å². The van der Waals surface area contributed by atoms with Crippen LogP contribution in [0.3, 0.4) is 0 Å². The number of aryl methyl sites for hydroxylation is 2. The maximum atomic E-state index is 13.3. The zero-order valence-electron chi connectivity index (χ0n) is 23.3. The van der Waals surface area contributed by atoms with Crippen LogP contribution < -0.4 is 5.32 Å². The molecule has 1 aliphatic rings. The molecule has 1 unspecified atom stereocenters. The summed E-state index contributed by atoms with van der Waals surface area (Å²) in [6.45, 7) is 12.6. The van der Waals surface area contributed by atoms with Crippen molar-refractivity contribution in [3.8, 4) is 0 Å². The van der Waals surface area contributed by atoms with Crippen LogP contribution in [0.25, 0.3) is 10.9 Å². The molecule has 4 aromatic rings. The van der Waals surface area contributed by atoms with Crippen molar-refractivity contribution in [1.29, 1.82) is 0 Å². The minimum absolute atomic E-state index is 0.0664. The molecule has 1 N–H and O–H groups in total. The standard InChI is InChI=1S/C31H37N5O2S/c1-21(2)25-13-15-26(16-14-25)39(37,38)36-19-17-35(18-20-36)24(5)30-32-28-12-7-6-11-27(28)31(34-30)33-29-22(3)9-8-10-23(29)4/h6-16,21,24H,17-20H2,1-5H3,(H,32,33,34). The van der Waals surface area contributed by atoms with Crippen molar-refractivity contribution in [2.24, 2.45) is 0 Å². The topological polar surface area (TPSA) is 78.4 Å². The smallest absolute Gasteiger partial charge is 0.243 e. The van der Waals surface area contributed by atoms with Gasteiger partial charge in [-0.15, -0.1) is 0 Å². The Morgan fingerprint density at radius 1 is 0.795 bits per heavy atom. The molecule has 0 spiro atoms. The van der Waals surface area contributed by atoms with Gasteiger partial charge in [0.2, 0.25) is 10.0 Å². The van der Waals surface area contributed by atoms with Gasteiger partial charge in [0, 0.05) is 37.3 Å². The van der Waals surface area contributed by atoms with Crippen LogP contribution in [0.15, 0.2) is 71.6 Å². The summed E-state index contributed by atoms with van der Waals surface area (Å²) in [4.78, 5) is 12.5. The van der Waals surface area contributed by atoms with E-state index in [1.807, 2.05) is 36.4 Å². The Morgan fingerprint density at radius 2 is 1.44 bits per heavy atom. The lowest BCUT2D eigenvalue weighted by Crippen LogP contribution is -2.49. The number of hydrogen-bond acceptors (Lipinski definition) is 6. The lowest BCUT2D eigenvalue weighted by Gasteiger charge is -2.37. The van der Waals surface area contributed by atoms with E-state index in [-0.39, 0.29) is 6.04 Å². The lowest BCUT2D eigenvalue weighted by atomic mass is 10.0. The average molecular weight is 544 g/mol. The molecule has 0 saturated carbocycles. The van der Waals surface area contributed by atoms with Gasteiger partial charge in [0.05, 0.1) is 16.5 Å². The zero-order chi connectivity index (χ0) is 27.7. The Labute approximate surface area is 232 Å². The number of sulfonamides is 1. The molecular weight excluding hydrogens is 506 g/mol. The summed E-state index contributed by atoms with van der Waals surface area (Å²) < 4.78 is 28.2. The average Bonchev–Trinajstić information content (AvgIpc) is 2.94. The predicted molar refractivity (Wildman–Crippen MR) is 158 cm³/mol. The third kappa shape index (κ3) is 5.55. The van der Waals surface area contributed by atoms with Gasteiger partial charge in [-0.1, -0.05) is 56.3 Å². The number of nitrogens with zero attached hydrogens (tertiary/aromatic N) is 4. The monoisotopic (exact) mass is 543 g/mol. The molecule has 8 heteroatoms. The number of piperazine rings is 1.